The smallest absolute Gasteiger partial charge is 0.273 e. The van der Waals surface area contributed by atoms with Crippen LogP contribution in [0, 0.1) is 0 Å². The lowest BCUT2D eigenvalue weighted by Crippen LogP contribution is -2.43. The lowest BCUT2D eigenvalue weighted by atomic mass is 9.97. The SMILES string of the molecule is CN1CCN(Cc2ccccc2-c2ccc3nc(N)nc(C(=O)N4Cc5ccccc5C4)c3c2)CC1.CN1CCNCC1.Nc1nc(C(=O)N2Cc3ccccc3C2)c2cc(-c3ccccc3C=O)ccc2n1. The highest BCUT2D eigenvalue weighted by molar-refractivity contribution is 6.07. The molecule has 370 valence electrons. The van der Waals surface area contributed by atoms with E-state index in [2.05, 4.69) is 96.5 Å². The topological polar surface area (TPSA) is 183 Å². The van der Waals surface area contributed by atoms with Crippen LogP contribution in [0.4, 0.5) is 11.9 Å². The number of nitrogens with two attached hydrogens (primary N) is 2. The van der Waals surface area contributed by atoms with Gasteiger partial charge in [0.25, 0.3) is 11.8 Å². The highest BCUT2D eigenvalue weighted by Crippen LogP contribution is 2.33. The number of benzene rings is 6. The molecule has 2 aromatic heterocycles. The van der Waals surface area contributed by atoms with Gasteiger partial charge in [0, 0.05) is 101 Å². The number of nitrogens with one attached hydrogen (secondary N) is 1. The molecule has 2 fully saturated rings. The van der Waals surface area contributed by atoms with Crippen LogP contribution < -0.4 is 16.8 Å². The van der Waals surface area contributed by atoms with E-state index in [9.17, 15) is 14.4 Å². The molecule has 0 saturated carbocycles. The minimum absolute atomic E-state index is 0.0589. The number of likely N-dealkylation sites (N-methyl/N-ethyl adjacent to an activating group) is 2. The molecule has 8 aromatic rings. The zero-order valence-corrected chi connectivity index (χ0v) is 41.4. The second-order valence-electron chi connectivity index (χ2n) is 19.2. The summed E-state index contributed by atoms with van der Waals surface area (Å²) in [6.07, 6.45) is 0.826. The molecular weight excluding hydrogens is 913 g/mol. The van der Waals surface area contributed by atoms with Gasteiger partial charge in [-0.3, -0.25) is 19.3 Å². The average molecular weight is 973 g/mol. The van der Waals surface area contributed by atoms with Crippen molar-refractivity contribution in [1.29, 1.82) is 0 Å². The fraction of sp³-hybridized carbons (Fsp3) is 0.259. The number of aldehydes is 1. The first-order valence-electron chi connectivity index (χ1n) is 24.9. The minimum Gasteiger partial charge on any atom is -0.368 e. The maximum absolute atomic E-state index is 13.7. The van der Waals surface area contributed by atoms with E-state index in [1.807, 2.05) is 83.8 Å². The zero-order chi connectivity index (χ0) is 50.4. The molecular formula is C58H60N12O3. The number of nitrogen functional groups attached to an aromatic ring is 2. The third kappa shape index (κ3) is 11.0. The molecule has 0 spiro atoms. The van der Waals surface area contributed by atoms with Gasteiger partial charge in [-0.05, 0) is 88.4 Å². The molecule has 0 unspecified atom stereocenters. The zero-order valence-electron chi connectivity index (χ0n) is 41.4. The fourth-order valence-electron chi connectivity index (χ4n) is 10.0. The molecule has 6 aromatic carbocycles. The standard InChI is InChI=1S/C29H30N6O.C24H18N4O2.C5H12N2/c1-33-12-14-34(15-13-33)17-23-8-4-5-9-24(23)20-10-11-26-25(16-20)27(32-29(30)31-26)28(36)35-18-21-6-2-3-7-22(21)19-35;25-24-26-21-10-9-15(19-8-4-3-7-18(19)14-29)11-20(21)22(27-24)23(30)28-12-16-5-1-2-6-17(16)13-28;1-7-4-2-6-3-5-7/h2-11,16H,12-15,17-19H2,1H3,(H2,30,31,32);1-11,14H,12-13H2,(H2,25,26,27);6H,2-5H2,1H3. The van der Waals surface area contributed by atoms with Gasteiger partial charge >= 0.3 is 0 Å². The maximum Gasteiger partial charge on any atom is 0.273 e. The molecule has 15 heteroatoms. The van der Waals surface area contributed by atoms with E-state index < -0.39 is 0 Å². The molecule has 0 atom stereocenters. The summed E-state index contributed by atoms with van der Waals surface area (Å²) in [5.74, 6) is -0.131. The number of fused-ring (bicyclic) bond motifs is 4. The number of carbonyl (C=O) groups is 3. The Labute approximate surface area is 425 Å². The summed E-state index contributed by atoms with van der Waals surface area (Å²) in [6, 6.07) is 43.6. The molecule has 73 heavy (non-hydrogen) atoms. The second-order valence-corrected chi connectivity index (χ2v) is 19.2. The largest absolute Gasteiger partial charge is 0.368 e. The van der Waals surface area contributed by atoms with Gasteiger partial charge in [0.15, 0.2) is 6.29 Å². The molecule has 0 radical (unpaired) electrons. The van der Waals surface area contributed by atoms with Crippen molar-refractivity contribution in [2.45, 2.75) is 32.7 Å². The van der Waals surface area contributed by atoms with Crippen molar-refractivity contribution < 1.29 is 14.4 Å². The van der Waals surface area contributed by atoms with Crippen LogP contribution in [0.2, 0.25) is 0 Å². The second kappa shape index (κ2) is 21.8. The third-order valence-corrected chi connectivity index (χ3v) is 14.1. The van der Waals surface area contributed by atoms with Gasteiger partial charge in [-0.2, -0.15) is 0 Å². The van der Waals surface area contributed by atoms with Crippen LogP contribution in [-0.2, 0) is 32.7 Å². The number of hydrogen-bond donors (Lipinski definition) is 3. The van der Waals surface area contributed by atoms with Crippen molar-refractivity contribution in [2.24, 2.45) is 0 Å². The maximum atomic E-state index is 13.7. The molecule has 2 amide bonds. The molecule has 12 rings (SSSR count). The number of carbonyl (C=O) groups excluding carboxylic acids is 3. The monoisotopic (exact) mass is 972 g/mol. The predicted octanol–water partition coefficient (Wildman–Crippen LogP) is 7.15. The number of rotatable bonds is 7. The Kier molecular flexibility index (Phi) is 14.5. The van der Waals surface area contributed by atoms with E-state index in [0.717, 1.165) is 85.3 Å². The molecule has 6 heterocycles. The molecule has 2 saturated heterocycles. The summed E-state index contributed by atoms with van der Waals surface area (Å²) in [4.78, 5) is 66.7. The predicted molar refractivity (Wildman–Crippen MR) is 287 cm³/mol. The van der Waals surface area contributed by atoms with Crippen LogP contribution in [0.15, 0.2) is 133 Å². The molecule has 0 aliphatic carbocycles. The first kappa shape index (κ1) is 48.7. The van der Waals surface area contributed by atoms with Crippen molar-refractivity contribution in [3.8, 4) is 22.3 Å². The Morgan fingerprint density at radius 2 is 0.973 bits per heavy atom. The fourth-order valence-corrected chi connectivity index (χ4v) is 10.0. The summed E-state index contributed by atoms with van der Waals surface area (Å²) in [5.41, 5.74) is 24.2. The van der Waals surface area contributed by atoms with Crippen LogP contribution in [0.25, 0.3) is 44.1 Å². The van der Waals surface area contributed by atoms with Gasteiger partial charge < -0.3 is 36.4 Å². The lowest BCUT2D eigenvalue weighted by Gasteiger charge is -2.32. The van der Waals surface area contributed by atoms with Crippen molar-refractivity contribution in [2.75, 3.05) is 77.9 Å². The number of amides is 2. The van der Waals surface area contributed by atoms with Crippen molar-refractivity contribution in [1.82, 2.24) is 49.8 Å². The first-order valence-corrected chi connectivity index (χ1v) is 24.9. The molecule has 4 aliphatic heterocycles. The van der Waals surface area contributed by atoms with Crippen molar-refractivity contribution >= 4 is 51.8 Å². The van der Waals surface area contributed by atoms with Gasteiger partial charge in [-0.15, -0.1) is 0 Å². The number of piperazine rings is 2. The van der Waals surface area contributed by atoms with Crippen LogP contribution in [-0.4, -0.2) is 129 Å². The van der Waals surface area contributed by atoms with Crippen LogP contribution in [0.5, 0.6) is 0 Å². The highest BCUT2D eigenvalue weighted by atomic mass is 16.2. The van der Waals surface area contributed by atoms with Gasteiger partial charge in [0.05, 0.1) is 11.0 Å². The number of aromatic nitrogens is 4. The van der Waals surface area contributed by atoms with Crippen LogP contribution >= 0.6 is 0 Å². The number of anilines is 2. The average Bonchev–Trinajstić information content (AvgIpc) is 4.07. The van der Waals surface area contributed by atoms with E-state index in [1.54, 1.807) is 17.0 Å². The minimum atomic E-state index is -0.189. The quantitative estimate of drug-likeness (QED) is 0.137. The normalized spacial score (nSPS) is 15.8. The molecule has 0 bridgehead atoms. The Morgan fingerprint density at radius 1 is 0.534 bits per heavy atom. The molecule has 4 aliphatic rings. The summed E-state index contributed by atoms with van der Waals surface area (Å²) < 4.78 is 0. The van der Waals surface area contributed by atoms with E-state index >= 15 is 0 Å². The van der Waals surface area contributed by atoms with Crippen LogP contribution in [0.1, 0.15) is 59.2 Å². The Hall–Kier alpha value is -7.95. The van der Waals surface area contributed by atoms with Gasteiger partial charge in [0.1, 0.15) is 11.4 Å². The summed E-state index contributed by atoms with van der Waals surface area (Å²) in [5, 5.41) is 4.62. The molecule has 15 nitrogen and oxygen atoms in total. The molecule has 5 N–H and O–H groups in total. The summed E-state index contributed by atoms with van der Waals surface area (Å²) in [6.45, 7) is 12.2. The van der Waals surface area contributed by atoms with Gasteiger partial charge in [-0.25, -0.2) is 19.9 Å². The van der Waals surface area contributed by atoms with Crippen molar-refractivity contribution in [3.05, 3.63) is 178 Å². The van der Waals surface area contributed by atoms with Gasteiger partial charge in [0.2, 0.25) is 11.9 Å². The number of hydrogen-bond acceptors (Lipinski definition) is 13. The van der Waals surface area contributed by atoms with E-state index in [0.29, 0.717) is 53.9 Å². The van der Waals surface area contributed by atoms with E-state index in [1.165, 1.54) is 35.3 Å². The van der Waals surface area contributed by atoms with Crippen LogP contribution in [0.3, 0.4) is 0 Å². The highest BCUT2D eigenvalue weighted by Gasteiger charge is 2.29. The Bertz CT molecular complexity index is 3280. The van der Waals surface area contributed by atoms with Gasteiger partial charge in [-0.1, -0.05) is 109 Å². The first-order chi connectivity index (χ1) is 35.6. The lowest BCUT2D eigenvalue weighted by molar-refractivity contribution is 0.0741. The van der Waals surface area contributed by atoms with Crippen molar-refractivity contribution in [3.63, 3.8) is 0 Å². The van der Waals surface area contributed by atoms with E-state index in [-0.39, 0.29) is 29.4 Å². The Balaban J connectivity index is 0.000000149. The number of nitrogens with zero attached hydrogens (tertiary/aromatic N) is 9. The third-order valence-electron chi connectivity index (χ3n) is 14.1. The summed E-state index contributed by atoms with van der Waals surface area (Å²) in [7, 11) is 4.33. The Morgan fingerprint density at radius 3 is 1.45 bits per heavy atom. The van der Waals surface area contributed by atoms with E-state index in [4.69, 9.17) is 11.5 Å². The summed E-state index contributed by atoms with van der Waals surface area (Å²) >= 11 is 0.